The summed E-state index contributed by atoms with van der Waals surface area (Å²) < 4.78 is 6.19. The number of hydrogen-bond acceptors (Lipinski definition) is 5. The monoisotopic (exact) mass is 397 g/mol. The molecule has 3 rings (SSSR count). The number of rotatable bonds is 8. The molecular weight excluding hydrogens is 368 g/mol. The Morgan fingerprint density at radius 1 is 1.45 bits per heavy atom. The average molecular weight is 397 g/mol. The van der Waals surface area contributed by atoms with Gasteiger partial charge in [-0.15, -0.1) is 11.8 Å². The molecule has 0 bridgehead atoms. The summed E-state index contributed by atoms with van der Waals surface area (Å²) in [6.45, 7) is 3.74. The molecule has 1 unspecified atom stereocenters. The van der Waals surface area contributed by atoms with Crippen molar-refractivity contribution >= 4 is 5.97 Å². The van der Waals surface area contributed by atoms with Crippen molar-refractivity contribution in [1.29, 1.82) is 0 Å². The first-order valence-corrected chi connectivity index (χ1v) is 10.3. The van der Waals surface area contributed by atoms with E-state index in [9.17, 15) is 20.1 Å². The van der Waals surface area contributed by atoms with Crippen LogP contribution in [-0.4, -0.2) is 34.5 Å². The normalized spacial score (nSPS) is 26.9. The van der Waals surface area contributed by atoms with Gasteiger partial charge >= 0.3 is 0 Å². The van der Waals surface area contributed by atoms with Crippen LogP contribution in [0.4, 0.5) is 0 Å². The number of aliphatic hydroxyl groups is 2. The van der Waals surface area contributed by atoms with Crippen molar-refractivity contribution in [3.63, 3.8) is 0 Å². The molecule has 29 heavy (non-hydrogen) atoms. The molecule has 2 aliphatic rings. The number of carboxylic acid groups (broad SMARTS) is 1. The minimum atomic E-state index is -1.04. The summed E-state index contributed by atoms with van der Waals surface area (Å²) in [6, 6.07) is 5.96. The second-order valence-electron chi connectivity index (χ2n) is 8.11. The molecule has 2 N–H and O–H groups in total. The Labute approximate surface area is 172 Å². The first kappa shape index (κ1) is 21.4. The largest absolute Gasteiger partial charge is 0.550 e. The summed E-state index contributed by atoms with van der Waals surface area (Å²) in [7, 11) is 0. The van der Waals surface area contributed by atoms with Crippen molar-refractivity contribution in [2.75, 3.05) is 0 Å². The number of fused-ring (bicyclic) bond motifs is 3. The number of hydrogen-bond donors (Lipinski definition) is 2. The van der Waals surface area contributed by atoms with Gasteiger partial charge in [-0.05, 0) is 37.7 Å². The van der Waals surface area contributed by atoms with E-state index >= 15 is 0 Å². The topological polar surface area (TPSA) is 89.8 Å². The fourth-order valence-electron chi connectivity index (χ4n) is 4.40. The van der Waals surface area contributed by atoms with Gasteiger partial charge in [-0.2, -0.15) is 0 Å². The highest BCUT2D eigenvalue weighted by Gasteiger charge is 2.48. The molecule has 156 valence electrons. The Bertz CT molecular complexity index is 818. The minimum absolute atomic E-state index is 0.0236. The van der Waals surface area contributed by atoms with Gasteiger partial charge in [0.15, 0.2) is 0 Å². The van der Waals surface area contributed by atoms with Crippen LogP contribution in [0.15, 0.2) is 30.4 Å². The number of ether oxygens (including phenoxy) is 1. The summed E-state index contributed by atoms with van der Waals surface area (Å²) in [5.41, 5.74) is 2.06. The highest BCUT2D eigenvalue weighted by atomic mass is 16.5. The van der Waals surface area contributed by atoms with Gasteiger partial charge in [0.05, 0.1) is 12.2 Å². The van der Waals surface area contributed by atoms with E-state index in [4.69, 9.17) is 4.74 Å². The number of carbonyl (C=O) groups excluding carboxylic acids is 1. The molecule has 0 amide bonds. The first-order valence-electron chi connectivity index (χ1n) is 10.3. The van der Waals surface area contributed by atoms with Crippen LogP contribution in [0.1, 0.15) is 56.6 Å². The lowest BCUT2D eigenvalue weighted by molar-refractivity contribution is -0.305. The maximum Gasteiger partial charge on any atom is 0.126 e. The molecule has 0 aromatic heterocycles. The molecule has 6 atom stereocenters. The van der Waals surface area contributed by atoms with Crippen LogP contribution in [0.25, 0.3) is 0 Å². The summed E-state index contributed by atoms with van der Waals surface area (Å²) in [4.78, 5) is 10.7. The predicted octanol–water partition coefficient (Wildman–Crippen LogP) is 1.95. The van der Waals surface area contributed by atoms with Crippen molar-refractivity contribution in [3.8, 4) is 17.6 Å². The standard InChI is InChI=1S/C24H30O5/c1-3-4-7-15(2)19(25)13-12-17-20(26)14-21-23(17)18-10-5-8-16(24(18)29-21)9-6-11-22(27)28/h5,8,10,12-13,15,17,19-21,23,25-26H,6-7,9,11,14H2,1-2H3,(H,27,28)/p-1/t15?,17-,19+,20+,21-,23-/m0/s1. The summed E-state index contributed by atoms with van der Waals surface area (Å²) in [6.07, 6.45) is 4.80. The number of aliphatic carboxylic acids is 1. The molecule has 1 fully saturated rings. The fraction of sp³-hybridized carbons (Fsp3) is 0.542. The van der Waals surface area contributed by atoms with Crippen molar-refractivity contribution in [3.05, 3.63) is 41.5 Å². The van der Waals surface area contributed by atoms with Crippen molar-refractivity contribution < 1.29 is 24.9 Å². The molecule has 0 spiro atoms. The number of carboxylic acids is 1. The minimum Gasteiger partial charge on any atom is -0.550 e. The SMILES string of the molecule is CC#CCC(C)[C@H](O)C=C[C@@H]1[C@H]2c3cccc(CCCC(=O)[O-])c3O[C@H]2C[C@H]1O. The zero-order valence-corrected chi connectivity index (χ0v) is 17.0. The van der Waals surface area contributed by atoms with Crippen LogP contribution in [-0.2, 0) is 11.2 Å². The molecule has 1 aromatic rings. The van der Waals surface area contributed by atoms with Crippen LogP contribution in [0.2, 0.25) is 0 Å². The third kappa shape index (κ3) is 4.83. The molecule has 1 aromatic carbocycles. The zero-order chi connectivity index (χ0) is 21.0. The molecule has 1 saturated carbocycles. The molecule has 0 radical (unpaired) electrons. The third-order valence-electron chi connectivity index (χ3n) is 6.03. The fourth-order valence-corrected chi connectivity index (χ4v) is 4.40. The van der Waals surface area contributed by atoms with E-state index in [-0.39, 0.29) is 30.3 Å². The Hall–Kier alpha value is -2.29. The third-order valence-corrected chi connectivity index (χ3v) is 6.03. The Morgan fingerprint density at radius 2 is 2.24 bits per heavy atom. The lowest BCUT2D eigenvalue weighted by Crippen LogP contribution is -2.21. The van der Waals surface area contributed by atoms with Gasteiger partial charge in [0.1, 0.15) is 11.9 Å². The van der Waals surface area contributed by atoms with Crippen LogP contribution in [0.5, 0.6) is 5.75 Å². The lowest BCUT2D eigenvalue weighted by Gasteiger charge is -2.19. The van der Waals surface area contributed by atoms with E-state index in [1.54, 1.807) is 13.0 Å². The molecule has 1 aliphatic heterocycles. The van der Waals surface area contributed by atoms with E-state index in [1.807, 2.05) is 31.2 Å². The van der Waals surface area contributed by atoms with Gasteiger partial charge in [0, 0.05) is 36.2 Å². The smallest absolute Gasteiger partial charge is 0.126 e. The second-order valence-corrected chi connectivity index (χ2v) is 8.11. The van der Waals surface area contributed by atoms with Gasteiger partial charge in [-0.3, -0.25) is 0 Å². The predicted molar refractivity (Wildman–Crippen MR) is 108 cm³/mol. The maximum atomic E-state index is 10.7. The lowest BCUT2D eigenvalue weighted by atomic mass is 9.86. The second kappa shape index (κ2) is 9.47. The van der Waals surface area contributed by atoms with Crippen LogP contribution >= 0.6 is 0 Å². The van der Waals surface area contributed by atoms with E-state index in [2.05, 4.69) is 11.8 Å². The van der Waals surface area contributed by atoms with Gasteiger partial charge in [-0.1, -0.05) is 37.3 Å². The molecule has 5 nitrogen and oxygen atoms in total. The summed E-state index contributed by atoms with van der Waals surface area (Å²) >= 11 is 0. The van der Waals surface area contributed by atoms with Crippen LogP contribution in [0, 0.1) is 23.7 Å². The maximum absolute atomic E-state index is 10.7. The van der Waals surface area contributed by atoms with E-state index in [0.717, 1.165) is 16.9 Å². The van der Waals surface area contributed by atoms with Gasteiger partial charge < -0.3 is 24.9 Å². The zero-order valence-electron chi connectivity index (χ0n) is 17.0. The van der Waals surface area contributed by atoms with E-state index in [0.29, 0.717) is 25.7 Å². The Kier molecular flexibility index (Phi) is 7.00. The molecule has 1 heterocycles. The van der Waals surface area contributed by atoms with Crippen LogP contribution < -0.4 is 9.84 Å². The van der Waals surface area contributed by atoms with Crippen LogP contribution in [0.3, 0.4) is 0 Å². The average Bonchev–Trinajstić information content (AvgIpc) is 3.19. The quantitative estimate of drug-likeness (QED) is 0.517. The molecule has 0 saturated heterocycles. The molecule has 1 aliphatic carbocycles. The molecular formula is C24H29O5-. The highest BCUT2D eigenvalue weighted by Crippen LogP contribution is 2.52. The van der Waals surface area contributed by atoms with Crippen molar-refractivity contribution in [2.45, 2.75) is 70.2 Å². The first-order chi connectivity index (χ1) is 13.9. The summed E-state index contributed by atoms with van der Waals surface area (Å²) in [5, 5.41) is 31.7. The van der Waals surface area contributed by atoms with Gasteiger partial charge in [0.2, 0.25) is 0 Å². The number of aliphatic hydroxyl groups excluding tert-OH is 2. The van der Waals surface area contributed by atoms with Crippen molar-refractivity contribution in [1.82, 2.24) is 0 Å². The van der Waals surface area contributed by atoms with Gasteiger partial charge in [-0.25, -0.2) is 0 Å². The Balaban J connectivity index is 1.75. The number of carbonyl (C=O) groups is 1. The molecule has 5 heteroatoms. The Morgan fingerprint density at radius 3 is 2.97 bits per heavy atom. The summed E-state index contributed by atoms with van der Waals surface area (Å²) in [5.74, 6) is 5.56. The highest BCUT2D eigenvalue weighted by molar-refractivity contribution is 5.64. The number of aryl methyl sites for hydroxylation is 1. The van der Waals surface area contributed by atoms with Crippen molar-refractivity contribution in [2.24, 2.45) is 11.8 Å². The number of benzene rings is 1. The van der Waals surface area contributed by atoms with E-state index < -0.39 is 18.2 Å². The van der Waals surface area contributed by atoms with E-state index in [1.165, 1.54) is 0 Å². The van der Waals surface area contributed by atoms with Gasteiger partial charge in [0.25, 0.3) is 0 Å². The number of para-hydroxylation sites is 1.